The number of rotatable bonds is 10. The molecule has 2 heterocycles. The molecule has 2 amide bonds. The molecule has 0 saturated carbocycles. The predicted molar refractivity (Wildman–Crippen MR) is 184 cm³/mol. The summed E-state index contributed by atoms with van der Waals surface area (Å²) < 4.78 is 50.8. The topological polar surface area (TPSA) is 117 Å². The minimum atomic E-state index is -4.53. The van der Waals surface area contributed by atoms with Crippen LogP contribution in [0.25, 0.3) is 11.0 Å². The van der Waals surface area contributed by atoms with Crippen molar-refractivity contribution in [3.63, 3.8) is 0 Å². The van der Waals surface area contributed by atoms with Gasteiger partial charge in [-0.3, -0.25) is 4.79 Å². The molecule has 0 spiro atoms. The van der Waals surface area contributed by atoms with E-state index in [9.17, 15) is 22.8 Å². The van der Waals surface area contributed by atoms with Gasteiger partial charge < -0.3 is 30.4 Å². The Morgan fingerprint density at radius 3 is 2.28 bits per heavy atom. The molecule has 13 heteroatoms. The minimum absolute atomic E-state index is 0.0827. The van der Waals surface area contributed by atoms with Crippen LogP contribution in [0.2, 0.25) is 5.02 Å². The van der Waals surface area contributed by atoms with Crippen LogP contribution in [0.5, 0.6) is 0 Å². The zero-order chi connectivity index (χ0) is 35.3. The first-order chi connectivity index (χ1) is 24.1. The van der Waals surface area contributed by atoms with Crippen molar-refractivity contribution >= 4 is 40.3 Å². The molecule has 1 saturated heterocycles. The number of alkyl carbamates (subject to hydrolysis) is 1. The Balaban J connectivity index is 1.13. The standard InChI is InChI=1S/C37H35ClF3N5O4/c1-49-36(48)46-33(31(23-11-4-2-5-12-23)24-13-6-3-7-14-24)35(47)44-28-15-9-8-10-22(28)16-17-26-20-42-30(21-50-26)34-43-29-19-25(37(39,40)41)18-27(38)32(29)45-34/h2-15,18-19,26,30-31,33,42H,16-17,20-21H2,1H3,(H,43,45)(H,44,47)(H,46,48)/t26-,30+,33?/m1/s1. The molecule has 1 aromatic heterocycles. The third kappa shape index (κ3) is 8.10. The number of amides is 2. The molecule has 4 aromatic carbocycles. The molecule has 1 aliphatic rings. The molecule has 0 bridgehead atoms. The highest BCUT2D eigenvalue weighted by Crippen LogP contribution is 2.35. The first kappa shape index (κ1) is 34.9. The number of nitrogens with one attached hydrogen (secondary N) is 4. The van der Waals surface area contributed by atoms with Gasteiger partial charge in [0.15, 0.2) is 0 Å². The lowest BCUT2D eigenvalue weighted by atomic mass is 9.84. The summed E-state index contributed by atoms with van der Waals surface area (Å²) in [5, 5.41) is 9.09. The summed E-state index contributed by atoms with van der Waals surface area (Å²) >= 11 is 6.12. The Hall–Kier alpha value is -4.91. The molecule has 9 nitrogen and oxygen atoms in total. The highest BCUT2D eigenvalue weighted by molar-refractivity contribution is 6.35. The monoisotopic (exact) mass is 705 g/mol. The number of nitrogens with zero attached hydrogens (tertiary/aromatic N) is 1. The summed E-state index contributed by atoms with van der Waals surface area (Å²) in [5.74, 6) is -0.479. The maximum atomic E-state index is 14.0. The van der Waals surface area contributed by atoms with E-state index in [1.54, 1.807) is 0 Å². The number of aryl methyl sites for hydroxylation is 1. The number of alkyl halides is 3. The quantitative estimate of drug-likeness (QED) is 0.120. The van der Waals surface area contributed by atoms with Gasteiger partial charge in [0.05, 0.1) is 42.0 Å². The van der Waals surface area contributed by atoms with Crippen molar-refractivity contribution in [2.45, 2.75) is 43.1 Å². The zero-order valence-corrected chi connectivity index (χ0v) is 27.7. The lowest BCUT2D eigenvalue weighted by molar-refractivity contribution is -0.137. The summed E-state index contributed by atoms with van der Waals surface area (Å²) in [6, 6.07) is 27.0. The highest BCUT2D eigenvalue weighted by atomic mass is 35.5. The van der Waals surface area contributed by atoms with Crippen LogP contribution in [0.15, 0.2) is 97.1 Å². The first-order valence-electron chi connectivity index (χ1n) is 16.0. The van der Waals surface area contributed by atoms with Crippen LogP contribution in [0.1, 0.15) is 46.5 Å². The average molecular weight is 706 g/mol. The molecular formula is C37H35ClF3N5O4. The van der Waals surface area contributed by atoms with Crippen molar-refractivity contribution in [1.29, 1.82) is 0 Å². The number of halogens is 4. The van der Waals surface area contributed by atoms with Gasteiger partial charge in [-0.25, -0.2) is 9.78 Å². The summed E-state index contributed by atoms with van der Waals surface area (Å²) in [7, 11) is 1.25. The second kappa shape index (κ2) is 15.3. The van der Waals surface area contributed by atoms with Gasteiger partial charge in [0.25, 0.3) is 0 Å². The smallest absolute Gasteiger partial charge is 0.416 e. The summed E-state index contributed by atoms with van der Waals surface area (Å²) in [6.07, 6.45) is -4.24. The van der Waals surface area contributed by atoms with E-state index in [1.807, 2.05) is 84.9 Å². The van der Waals surface area contributed by atoms with E-state index >= 15 is 0 Å². The van der Waals surface area contributed by atoms with Crippen molar-refractivity contribution in [1.82, 2.24) is 20.6 Å². The SMILES string of the molecule is COC(=O)NC(C(=O)Nc1ccccc1CC[C@@H]1CN[C@H](c2nc3c(Cl)cc(C(F)(F)F)cc3[nH]2)CO1)C(c1ccccc1)c1ccccc1. The van der Waals surface area contributed by atoms with Crippen molar-refractivity contribution < 1.29 is 32.2 Å². The van der Waals surface area contributed by atoms with Gasteiger partial charge in [0, 0.05) is 18.2 Å². The molecular weight excluding hydrogens is 671 g/mol. The maximum Gasteiger partial charge on any atom is 0.416 e. The van der Waals surface area contributed by atoms with Gasteiger partial charge in [-0.2, -0.15) is 13.2 Å². The Bertz CT molecular complexity index is 1890. The number of carbonyl (C=O) groups excluding carboxylic acids is 2. The van der Waals surface area contributed by atoms with E-state index in [0.717, 1.165) is 28.8 Å². The molecule has 5 aromatic rings. The lowest BCUT2D eigenvalue weighted by Crippen LogP contribution is -2.48. The van der Waals surface area contributed by atoms with Gasteiger partial charge in [-0.05, 0) is 47.7 Å². The third-order valence-corrected chi connectivity index (χ3v) is 9.00. The van der Waals surface area contributed by atoms with Crippen LogP contribution < -0.4 is 16.0 Å². The van der Waals surface area contributed by atoms with E-state index in [2.05, 4.69) is 25.9 Å². The average Bonchev–Trinajstić information content (AvgIpc) is 3.57. The fourth-order valence-corrected chi connectivity index (χ4v) is 6.44. The molecule has 50 heavy (non-hydrogen) atoms. The Morgan fingerprint density at radius 1 is 1.00 bits per heavy atom. The van der Waals surface area contributed by atoms with E-state index < -0.39 is 35.7 Å². The summed E-state index contributed by atoms with van der Waals surface area (Å²) in [5.41, 5.74) is 2.79. The number of hydrogen-bond donors (Lipinski definition) is 4. The third-order valence-electron chi connectivity index (χ3n) is 8.71. The van der Waals surface area contributed by atoms with Gasteiger partial charge in [0.1, 0.15) is 17.4 Å². The summed E-state index contributed by atoms with van der Waals surface area (Å²) in [4.78, 5) is 34.0. The van der Waals surface area contributed by atoms with E-state index in [0.29, 0.717) is 30.9 Å². The first-order valence-corrected chi connectivity index (χ1v) is 16.4. The number of carbonyl (C=O) groups is 2. The number of imidazole rings is 1. The molecule has 6 rings (SSSR count). The van der Waals surface area contributed by atoms with Crippen molar-refractivity contribution in [3.05, 3.63) is 130 Å². The number of anilines is 1. The number of ether oxygens (including phenoxy) is 2. The van der Waals surface area contributed by atoms with Crippen molar-refractivity contribution in [2.24, 2.45) is 0 Å². The predicted octanol–water partition coefficient (Wildman–Crippen LogP) is 7.39. The molecule has 0 aliphatic carbocycles. The molecule has 0 radical (unpaired) electrons. The van der Waals surface area contributed by atoms with E-state index in [1.165, 1.54) is 7.11 Å². The Kier molecular flexibility index (Phi) is 10.7. The molecule has 3 atom stereocenters. The number of fused-ring (bicyclic) bond motifs is 1. The van der Waals surface area contributed by atoms with E-state index in [4.69, 9.17) is 21.1 Å². The van der Waals surface area contributed by atoms with Gasteiger partial charge in [0.2, 0.25) is 5.91 Å². The number of methoxy groups -OCH3 is 1. The number of aromatic nitrogens is 2. The number of para-hydroxylation sites is 1. The Morgan fingerprint density at radius 2 is 1.66 bits per heavy atom. The van der Waals surface area contributed by atoms with Crippen LogP contribution in [0.3, 0.4) is 0 Å². The molecule has 260 valence electrons. The van der Waals surface area contributed by atoms with Gasteiger partial charge >= 0.3 is 12.3 Å². The number of aromatic amines is 1. The fourth-order valence-electron chi connectivity index (χ4n) is 6.18. The molecule has 1 fully saturated rings. The number of morpholine rings is 1. The molecule has 1 aliphatic heterocycles. The number of hydrogen-bond acceptors (Lipinski definition) is 6. The zero-order valence-electron chi connectivity index (χ0n) is 27.0. The normalized spacial score (nSPS) is 17.0. The maximum absolute atomic E-state index is 14.0. The number of benzene rings is 4. The van der Waals surface area contributed by atoms with Crippen LogP contribution >= 0.6 is 11.6 Å². The Labute approximate surface area is 291 Å². The van der Waals surface area contributed by atoms with Gasteiger partial charge in [-0.1, -0.05) is 90.5 Å². The fraction of sp³-hybridized carbons (Fsp3) is 0.270. The van der Waals surface area contributed by atoms with Crippen molar-refractivity contribution in [2.75, 3.05) is 25.6 Å². The number of H-pyrrole nitrogens is 1. The van der Waals surface area contributed by atoms with Crippen LogP contribution in [0.4, 0.5) is 23.7 Å². The van der Waals surface area contributed by atoms with Crippen LogP contribution in [-0.2, 0) is 26.9 Å². The second-order valence-electron chi connectivity index (χ2n) is 12.0. The molecule has 1 unspecified atom stereocenters. The second-order valence-corrected chi connectivity index (χ2v) is 12.4. The minimum Gasteiger partial charge on any atom is -0.453 e. The van der Waals surface area contributed by atoms with E-state index in [-0.39, 0.29) is 34.8 Å². The van der Waals surface area contributed by atoms with Crippen molar-refractivity contribution in [3.8, 4) is 0 Å². The molecule has 4 N–H and O–H groups in total. The van der Waals surface area contributed by atoms with Crippen LogP contribution in [0, 0.1) is 0 Å². The largest absolute Gasteiger partial charge is 0.453 e. The van der Waals surface area contributed by atoms with Crippen LogP contribution in [-0.4, -0.2) is 54.4 Å². The van der Waals surface area contributed by atoms with Gasteiger partial charge in [-0.15, -0.1) is 0 Å². The summed E-state index contributed by atoms with van der Waals surface area (Å²) in [6.45, 7) is 0.715. The highest BCUT2D eigenvalue weighted by Gasteiger charge is 2.34. The lowest BCUT2D eigenvalue weighted by Gasteiger charge is -2.30.